The first-order valence-electron chi connectivity index (χ1n) is 4.13. The third kappa shape index (κ3) is 2.09. The van der Waals surface area contributed by atoms with Crippen LogP contribution in [-0.2, 0) is 4.79 Å². The number of hydrogen-bond acceptors (Lipinski definition) is 2. The Bertz CT molecular complexity index is 249. The maximum atomic E-state index is 10.6. The van der Waals surface area contributed by atoms with E-state index in [1.165, 1.54) is 0 Å². The molecule has 1 aliphatic rings. The van der Waals surface area contributed by atoms with Gasteiger partial charge in [0.15, 0.2) is 0 Å². The largest absolute Gasteiger partial charge is 0.391 e. The van der Waals surface area contributed by atoms with E-state index in [1.54, 1.807) is 0 Å². The third-order valence-corrected chi connectivity index (χ3v) is 1.73. The lowest BCUT2D eigenvalue weighted by molar-refractivity contribution is -0.104. The summed E-state index contributed by atoms with van der Waals surface area (Å²) in [7, 11) is 0. The SMILES string of the molecule is CCNC=C1CC=CC=C1C=O. The van der Waals surface area contributed by atoms with Crippen molar-refractivity contribution in [3.63, 3.8) is 0 Å². The average molecular weight is 163 g/mol. The van der Waals surface area contributed by atoms with Crippen molar-refractivity contribution < 1.29 is 4.79 Å². The van der Waals surface area contributed by atoms with Crippen LogP contribution in [0.1, 0.15) is 13.3 Å². The van der Waals surface area contributed by atoms with Gasteiger partial charge in [0.1, 0.15) is 6.29 Å². The summed E-state index contributed by atoms with van der Waals surface area (Å²) < 4.78 is 0. The molecule has 0 aromatic heterocycles. The molecule has 0 saturated carbocycles. The Morgan fingerprint density at radius 3 is 3.17 bits per heavy atom. The summed E-state index contributed by atoms with van der Waals surface area (Å²) in [5.74, 6) is 0. The van der Waals surface area contributed by atoms with Crippen LogP contribution in [0.2, 0.25) is 0 Å². The fourth-order valence-corrected chi connectivity index (χ4v) is 1.07. The Balaban J connectivity index is 2.71. The van der Waals surface area contributed by atoms with Crippen molar-refractivity contribution in [1.82, 2.24) is 5.32 Å². The van der Waals surface area contributed by atoms with Gasteiger partial charge in [0.05, 0.1) is 0 Å². The van der Waals surface area contributed by atoms with Crippen molar-refractivity contribution >= 4 is 6.29 Å². The zero-order valence-corrected chi connectivity index (χ0v) is 7.21. The summed E-state index contributed by atoms with van der Waals surface area (Å²) in [4.78, 5) is 10.6. The fourth-order valence-electron chi connectivity index (χ4n) is 1.07. The number of carbonyl (C=O) groups is 1. The van der Waals surface area contributed by atoms with E-state index in [-0.39, 0.29) is 0 Å². The lowest BCUT2D eigenvalue weighted by Gasteiger charge is -2.07. The summed E-state index contributed by atoms with van der Waals surface area (Å²) in [6, 6.07) is 0. The van der Waals surface area contributed by atoms with Crippen molar-refractivity contribution in [3.05, 3.63) is 35.6 Å². The molecule has 0 aromatic rings. The fraction of sp³-hybridized carbons (Fsp3) is 0.300. The van der Waals surface area contributed by atoms with Gasteiger partial charge in [0.2, 0.25) is 0 Å². The molecule has 0 aliphatic heterocycles. The Morgan fingerprint density at radius 1 is 1.67 bits per heavy atom. The minimum atomic E-state index is 0.776. The Hall–Kier alpha value is -1.31. The molecule has 0 unspecified atom stereocenters. The molecule has 1 rings (SSSR count). The van der Waals surface area contributed by atoms with Gasteiger partial charge in [-0.3, -0.25) is 4.79 Å². The summed E-state index contributed by atoms with van der Waals surface area (Å²) >= 11 is 0. The molecule has 12 heavy (non-hydrogen) atoms. The van der Waals surface area contributed by atoms with E-state index in [0.717, 1.165) is 30.4 Å². The van der Waals surface area contributed by atoms with Crippen molar-refractivity contribution in [1.29, 1.82) is 0 Å². The van der Waals surface area contributed by atoms with Crippen molar-refractivity contribution in [2.45, 2.75) is 13.3 Å². The van der Waals surface area contributed by atoms with E-state index in [2.05, 4.69) is 5.32 Å². The van der Waals surface area contributed by atoms with Crippen molar-refractivity contribution in [3.8, 4) is 0 Å². The first-order chi connectivity index (χ1) is 5.88. The number of nitrogens with one attached hydrogen (secondary N) is 1. The van der Waals surface area contributed by atoms with Gasteiger partial charge < -0.3 is 5.32 Å². The number of aldehydes is 1. The van der Waals surface area contributed by atoms with Crippen LogP contribution in [0.25, 0.3) is 0 Å². The predicted molar refractivity (Wildman–Crippen MR) is 49.7 cm³/mol. The molecule has 0 heterocycles. The van der Waals surface area contributed by atoms with Gasteiger partial charge in [-0.25, -0.2) is 0 Å². The van der Waals surface area contributed by atoms with Crippen LogP contribution in [-0.4, -0.2) is 12.8 Å². The van der Waals surface area contributed by atoms with Crippen molar-refractivity contribution in [2.24, 2.45) is 0 Å². The molecular formula is C10H13NO. The highest BCUT2D eigenvalue weighted by atomic mass is 16.1. The quantitative estimate of drug-likeness (QED) is 0.640. The van der Waals surface area contributed by atoms with Crippen molar-refractivity contribution in [2.75, 3.05) is 6.54 Å². The topological polar surface area (TPSA) is 29.1 Å². The second kappa shape index (κ2) is 4.54. The van der Waals surface area contributed by atoms with E-state index in [1.807, 2.05) is 31.4 Å². The third-order valence-electron chi connectivity index (χ3n) is 1.73. The highest BCUT2D eigenvalue weighted by Gasteiger charge is 2.04. The van der Waals surface area contributed by atoms with Crippen LogP contribution in [0.4, 0.5) is 0 Å². The maximum Gasteiger partial charge on any atom is 0.150 e. The van der Waals surface area contributed by atoms with Gasteiger partial charge >= 0.3 is 0 Å². The highest BCUT2D eigenvalue weighted by molar-refractivity contribution is 5.81. The number of allylic oxidation sites excluding steroid dienone is 5. The molecule has 1 N–H and O–H groups in total. The molecule has 2 heteroatoms. The van der Waals surface area contributed by atoms with E-state index in [4.69, 9.17) is 0 Å². The Labute approximate surface area is 72.7 Å². The molecule has 0 atom stereocenters. The summed E-state index contributed by atoms with van der Waals surface area (Å²) in [6.07, 6.45) is 9.43. The number of carbonyl (C=O) groups excluding carboxylic acids is 1. The van der Waals surface area contributed by atoms with Crippen LogP contribution >= 0.6 is 0 Å². The minimum Gasteiger partial charge on any atom is -0.391 e. The summed E-state index contributed by atoms with van der Waals surface area (Å²) in [6.45, 7) is 2.92. The van der Waals surface area contributed by atoms with Gasteiger partial charge in [0.25, 0.3) is 0 Å². The van der Waals surface area contributed by atoms with Gasteiger partial charge in [-0.2, -0.15) is 0 Å². The molecule has 1 aliphatic carbocycles. The molecule has 0 fully saturated rings. The zero-order valence-electron chi connectivity index (χ0n) is 7.21. The standard InChI is InChI=1S/C10H13NO/c1-2-11-7-9-5-3-4-6-10(9)8-12/h3-4,6-8,11H,2,5H2,1H3. The minimum absolute atomic E-state index is 0.776. The Morgan fingerprint density at radius 2 is 2.50 bits per heavy atom. The molecule has 0 spiro atoms. The molecular weight excluding hydrogens is 150 g/mol. The molecule has 0 amide bonds. The van der Waals surface area contributed by atoms with E-state index in [0.29, 0.717) is 0 Å². The molecule has 64 valence electrons. The van der Waals surface area contributed by atoms with Gasteiger partial charge in [-0.1, -0.05) is 18.2 Å². The smallest absolute Gasteiger partial charge is 0.150 e. The number of hydrogen-bond donors (Lipinski definition) is 1. The first-order valence-corrected chi connectivity index (χ1v) is 4.13. The summed E-state index contributed by atoms with van der Waals surface area (Å²) in [5.41, 5.74) is 1.84. The van der Waals surface area contributed by atoms with Crippen LogP contribution in [0, 0.1) is 0 Å². The average Bonchev–Trinajstić information content (AvgIpc) is 2.15. The lowest BCUT2D eigenvalue weighted by atomic mass is 10.0. The molecule has 0 radical (unpaired) electrons. The van der Waals surface area contributed by atoms with Crippen LogP contribution in [0.15, 0.2) is 35.6 Å². The Kier molecular flexibility index (Phi) is 3.33. The van der Waals surface area contributed by atoms with Crippen LogP contribution < -0.4 is 5.32 Å². The van der Waals surface area contributed by atoms with E-state index in [9.17, 15) is 4.79 Å². The van der Waals surface area contributed by atoms with E-state index >= 15 is 0 Å². The predicted octanol–water partition coefficient (Wildman–Crippen LogP) is 1.56. The van der Waals surface area contributed by atoms with Gasteiger partial charge in [-0.15, -0.1) is 0 Å². The molecule has 0 aromatic carbocycles. The molecule has 0 saturated heterocycles. The van der Waals surface area contributed by atoms with E-state index < -0.39 is 0 Å². The second-order valence-corrected chi connectivity index (χ2v) is 2.60. The first kappa shape index (κ1) is 8.78. The van der Waals surface area contributed by atoms with Crippen LogP contribution in [0.5, 0.6) is 0 Å². The zero-order chi connectivity index (χ0) is 8.81. The van der Waals surface area contributed by atoms with Gasteiger partial charge in [0, 0.05) is 18.3 Å². The second-order valence-electron chi connectivity index (χ2n) is 2.60. The highest BCUT2D eigenvalue weighted by Crippen LogP contribution is 2.16. The number of rotatable bonds is 3. The van der Waals surface area contributed by atoms with Gasteiger partial charge in [-0.05, 0) is 18.9 Å². The molecule has 2 nitrogen and oxygen atoms in total. The summed E-state index contributed by atoms with van der Waals surface area (Å²) in [5, 5.41) is 3.09. The van der Waals surface area contributed by atoms with Crippen LogP contribution in [0.3, 0.4) is 0 Å². The monoisotopic (exact) mass is 163 g/mol. The maximum absolute atomic E-state index is 10.6. The normalized spacial score (nSPS) is 19.1. The molecule has 0 bridgehead atoms. The lowest BCUT2D eigenvalue weighted by Crippen LogP contribution is -2.06.